The summed E-state index contributed by atoms with van der Waals surface area (Å²) in [5.74, 6) is -6.32. The third-order valence-electron chi connectivity index (χ3n) is 22.8. The highest BCUT2D eigenvalue weighted by molar-refractivity contribution is 6.00. The zero-order chi connectivity index (χ0) is 93.9. The van der Waals surface area contributed by atoms with E-state index in [1.165, 1.54) is 148 Å². The molecule has 10 aromatic carbocycles. The Bertz CT molecular complexity index is 5460. The van der Waals surface area contributed by atoms with Crippen molar-refractivity contribution >= 4 is 47.0 Å². The van der Waals surface area contributed by atoms with E-state index in [0.29, 0.717) is 70.9 Å². The molecule has 7 amide bonds. The molecule has 4 fully saturated rings. The van der Waals surface area contributed by atoms with Crippen LogP contribution in [0.5, 0.6) is 115 Å². The van der Waals surface area contributed by atoms with Gasteiger partial charge in [-0.2, -0.15) is 0 Å². The van der Waals surface area contributed by atoms with E-state index < -0.39 is 30.2 Å². The molecule has 3 heterocycles. The molecule has 1 aliphatic carbocycles. The van der Waals surface area contributed by atoms with Crippen molar-refractivity contribution in [2.24, 2.45) is 5.92 Å². The summed E-state index contributed by atoms with van der Waals surface area (Å²) in [6.07, 6.45) is 5.82. The summed E-state index contributed by atoms with van der Waals surface area (Å²) in [4.78, 5) is 92.2. The predicted molar refractivity (Wildman–Crippen MR) is 468 cm³/mol. The van der Waals surface area contributed by atoms with Crippen LogP contribution in [-0.2, 0) is 67.4 Å². The van der Waals surface area contributed by atoms with Gasteiger partial charge in [0.15, 0.2) is 115 Å². The van der Waals surface area contributed by atoms with E-state index in [-0.39, 0.29) is 206 Å². The van der Waals surface area contributed by atoms with Gasteiger partial charge in [-0.1, -0.05) is 68.8 Å². The number of aromatic hydroxyl groups is 20. The molecule has 0 radical (unpaired) electrons. The largest absolute Gasteiger partial charge is 0.504 e. The maximum atomic E-state index is 12.9. The molecule has 14 rings (SSSR count). The van der Waals surface area contributed by atoms with Gasteiger partial charge < -0.3 is 143 Å². The van der Waals surface area contributed by atoms with E-state index in [4.69, 9.17) is 0 Å². The Kier molecular flexibility index (Phi) is 31.8. The number of hydrogen-bond acceptors (Lipinski definition) is 28. The van der Waals surface area contributed by atoms with Gasteiger partial charge in [0.2, 0.25) is 35.4 Å². The number of likely N-dealkylation sites (N-methyl/N-ethyl adjacent to an activating group) is 2. The average molecular weight is 1780 g/mol. The first-order valence-corrected chi connectivity index (χ1v) is 41.1. The number of phenolic OH excluding ortho intramolecular Hbond substituents is 20. The van der Waals surface area contributed by atoms with Gasteiger partial charge in [-0.05, 0) is 228 Å². The van der Waals surface area contributed by atoms with Crippen LogP contribution in [0.4, 0.5) is 5.69 Å². The standard InChI is InChI=1S/C21H26N2O5.C20H22N2O6.C19H20N2O6.C18H18N2O6.C16H18O4/c24-17-6-4-14(9-19(17)26)12-22-11-13-2-1-3-16(8-13)23-21(28)15-5-7-18(25)20(27)10-15;1-21-13(7-11-3-5-15(23)17(25)9-11)20(28)22(2)14(19(21)27)8-12-4-6-16(24)18(26)10-12;22-14-5-3-11(8-16(14)24)9-18(26)21-7-1-2-13(21)19(27)20-12-4-6-15(23)17(25)10-12;21-13-3-1-9(7-15(13)23)5-11-17(25)20-12(18(26)19-11)6-10-2-4-14(22)16(24)8-10;1-9(11-3-5-13(17)15(19)7-11)10(2)12-4-6-14(18)16(20)8-12/h4-7,9-10,13,16,22,24-27H,1-3,8,11-12H2,(H,23,28);3-6,9-10,13-14,23-26H,7-8H2,1-2H3;3-6,8,10,13,22-25H,1-2,7,9H2,(H,20,27);1-4,7-8,11-12,21-24H,5-6H2,(H,19,26)(H,20,25);3-10,17-20H,1-2H3. The zero-order valence-corrected chi connectivity index (χ0v) is 70.6. The fourth-order valence-corrected chi connectivity index (χ4v) is 15.2. The number of carbonyl (C=O) groups excluding carboxylic acids is 7. The monoisotopic (exact) mass is 1780 g/mol. The summed E-state index contributed by atoms with van der Waals surface area (Å²) in [7, 11) is 3.11. The highest BCUT2D eigenvalue weighted by atomic mass is 16.3. The highest BCUT2D eigenvalue weighted by Crippen LogP contribution is 2.41. The Morgan fingerprint density at radius 3 is 1.16 bits per heavy atom. The smallest absolute Gasteiger partial charge is 0.251 e. The fraction of sp³-hybridized carbons (Fsp3) is 0.287. The molecule has 35 heteroatoms. The van der Waals surface area contributed by atoms with Crippen molar-refractivity contribution in [3.8, 4) is 115 Å². The van der Waals surface area contributed by atoms with Crippen LogP contribution in [0.15, 0.2) is 182 Å². The van der Waals surface area contributed by atoms with Gasteiger partial charge in [0, 0.05) is 76.2 Å². The Labute approximate surface area is 739 Å². The molecular formula is C94H104N8O27. The predicted octanol–water partition coefficient (Wildman–Crippen LogP) is 8.92. The van der Waals surface area contributed by atoms with Gasteiger partial charge in [0.25, 0.3) is 5.91 Å². The minimum absolute atomic E-state index is 0.00236. The minimum atomic E-state index is -0.795. The Hall–Kier alpha value is -15.6. The third kappa shape index (κ3) is 25.4. The first kappa shape index (κ1) is 95.7. The van der Waals surface area contributed by atoms with Crippen LogP contribution in [0.3, 0.4) is 0 Å². The van der Waals surface area contributed by atoms with Crippen molar-refractivity contribution in [1.82, 2.24) is 36.0 Å². The molecule has 0 aromatic heterocycles. The number of carbonyl (C=O) groups is 7. The molecule has 129 heavy (non-hydrogen) atoms. The lowest BCUT2D eigenvalue weighted by molar-refractivity contribution is -0.158. The lowest BCUT2D eigenvalue weighted by Crippen LogP contribution is -2.63. The third-order valence-corrected chi connectivity index (χ3v) is 22.8. The van der Waals surface area contributed by atoms with E-state index in [1.807, 2.05) is 13.8 Å². The number of nitrogens with one attached hydrogen (secondary N) is 5. The van der Waals surface area contributed by atoms with Crippen LogP contribution < -0.4 is 26.6 Å². The number of benzene rings is 10. The Morgan fingerprint density at radius 1 is 0.388 bits per heavy atom. The quantitative estimate of drug-likeness (QED) is 0.0236. The van der Waals surface area contributed by atoms with Crippen molar-refractivity contribution in [1.29, 1.82) is 0 Å². The number of piperazine rings is 2. The first-order valence-electron chi connectivity index (χ1n) is 41.1. The summed E-state index contributed by atoms with van der Waals surface area (Å²) in [6.45, 7) is 5.84. The molecule has 1 saturated carbocycles. The van der Waals surface area contributed by atoms with Crippen LogP contribution in [0.25, 0.3) is 0 Å². The van der Waals surface area contributed by atoms with Gasteiger partial charge >= 0.3 is 0 Å². The summed E-state index contributed by atoms with van der Waals surface area (Å²) >= 11 is 0. The van der Waals surface area contributed by atoms with Crippen LogP contribution in [0.1, 0.15) is 119 Å². The summed E-state index contributed by atoms with van der Waals surface area (Å²) in [6, 6.07) is 39.8. The van der Waals surface area contributed by atoms with E-state index in [2.05, 4.69) is 26.6 Å². The number of nitrogens with zero attached hydrogens (tertiary/aromatic N) is 3. The molecule has 9 unspecified atom stereocenters. The second-order valence-electron chi connectivity index (χ2n) is 32.0. The second kappa shape index (κ2) is 42.9. The number of hydrogen-bond donors (Lipinski definition) is 25. The van der Waals surface area contributed by atoms with E-state index in [0.717, 1.165) is 48.9 Å². The lowest BCUT2D eigenvalue weighted by Gasteiger charge is -2.42. The van der Waals surface area contributed by atoms with Crippen molar-refractivity contribution in [2.75, 3.05) is 32.5 Å². The van der Waals surface area contributed by atoms with Gasteiger partial charge in [-0.3, -0.25) is 33.6 Å². The molecule has 9 atom stereocenters. The van der Waals surface area contributed by atoms with Gasteiger partial charge in [-0.25, -0.2) is 0 Å². The number of likely N-dealkylation sites (tertiary alicyclic amines) is 1. The molecule has 0 bridgehead atoms. The molecule has 10 aromatic rings. The normalized spacial score (nSPS) is 18.0. The molecule has 0 spiro atoms. The summed E-state index contributed by atoms with van der Waals surface area (Å²) < 4.78 is 0. The second-order valence-corrected chi connectivity index (χ2v) is 32.0. The van der Waals surface area contributed by atoms with E-state index in [1.54, 1.807) is 62.6 Å². The molecular weight excluding hydrogens is 1670 g/mol. The van der Waals surface area contributed by atoms with Gasteiger partial charge in [0.05, 0.1) is 6.42 Å². The first-order chi connectivity index (χ1) is 61.2. The fourth-order valence-electron chi connectivity index (χ4n) is 15.2. The maximum absolute atomic E-state index is 12.9. The van der Waals surface area contributed by atoms with Crippen LogP contribution in [0, 0.1) is 5.92 Å². The number of anilines is 1. The molecule has 682 valence electrons. The molecule has 3 saturated heterocycles. The van der Waals surface area contributed by atoms with Crippen molar-refractivity contribution < 1.29 is 136 Å². The highest BCUT2D eigenvalue weighted by Gasteiger charge is 2.43. The topological polar surface area (TPSA) is 594 Å². The van der Waals surface area contributed by atoms with Gasteiger partial charge in [-0.15, -0.1) is 0 Å². The summed E-state index contributed by atoms with van der Waals surface area (Å²) in [5.41, 5.74) is 6.24. The molecule has 25 N–H and O–H groups in total. The van der Waals surface area contributed by atoms with E-state index in [9.17, 15) is 136 Å². The Morgan fingerprint density at radius 2 is 0.744 bits per heavy atom. The maximum Gasteiger partial charge on any atom is 0.251 e. The minimum Gasteiger partial charge on any atom is -0.504 e. The number of phenols is 20. The van der Waals surface area contributed by atoms with E-state index >= 15 is 0 Å². The summed E-state index contributed by atoms with van der Waals surface area (Å²) in [5, 5.41) is 203. The van der Waals surface area contributed by atoms with Crippen molar-refractivity contribution in [3.05, 3.63) is 232 Å². The van der Waals surface area contributed by atoms with Crippen LogP contribution in [-0.4, -0.2) is 222 Å². The van der Waals surface area contributed by atoms with Crippen molar-refractivity contribution in [2.45, 2.75) is 139 Å². The SMILES string of the molecule is CC(c1ccc(O)c(O)c1)C(C)c1ccc(O)c(O)c1.CN1C(=O)C(Cc2ccc(O)c(O)c2)N(C)C(=O)C1Cc1ccc(O)c(O)c1.O=C(NC1CCCC(CNCc2ccc(O)c(O)c2)C1)c1ccc(O)c(O)c1.O=C(Nc1ccc(O)c(O)c1)C1CCCN1C(=O)Cc1ccc(O)c(O)c1.O=C1NC(Cc2ccc(O)c(O)c2)C(=O)NC1Cc1ccc(O)c(O)c1. The average Bonchev–Trinajstić information content (AvgIpc) is 1.72. The van der Waals surface area contributed by atoms with Crippen molar-refractivity contribution in [3.63, 3.8) is 0 Å². The van der Waals surface area contributed by atoms with Crippen LogP contribution >= 0.6 is 0 Å². The molecule has 4 aliphatic rings. The number of amides is 7. The molecule has 3 aliphatic heterocycles. The molecule has 35 nitrogen and oxygen atoms in total. The zero-order valence-electron chi connectivity index (χ0n) is 70.6. The Balaban J connectivity index is 0.000000168. The van der Waals surface area contributed by atoms with Gasteiger partial charge in [0.1, 0.15) is 30.2 Å². The van der Waals surface area contributed by atoms with Crippen LogP contribution in [0.2, 0.25) is 0 Å². The lowest BCUT2D eigenvalue weighted by atomic mass is 9.84. The number of rotatable bonds is 21.